The highest BCUT2D eigenvalue weighted by molar-refractivity contribution is 5.53. The molecule has 1 aromatic heterocycles. The molecule has 3 heterocycles. The van der Waals surface area contributed by atoms with Crippen LogP contribution in [0.25, 0.3) is 0 Å². The Kier molecular flexibility index (Phi) is 6.56. The molecule has 2 fully saturated rings. The maximum Gasteiger partial charge on any atom is 0.0537 e. The van der Waals surface area contributed by atoms with E-state index in [9.17, 15) is 0 Å². The lowest BCUT2D eigenvalue weighted by molar-refractivity contribution is 0.0886. The summed E-state index contributed by atoms with van der Waals surface area (Å²) in [5, 5.41) is 4.60. The molecule has 29 heavy (non-hydrogen) atoms. The molecule has 0 amide bonds. The van der Waals surface area contributed by atoms with Crippen molar-refractivity contribution in [2.45, 2.75) is 59.2 Å². The van der Waals surface area contributed by atoms with Crippen molar-refractivity contribution < 1.29 is 0 Å². The molecule has 2 aromatic rings. The van der Waals surface area contributed by atoms with Crippen LogP contribution >= 0.6 is 0 Å². The van der Waals surface area contributed by atoms with Gasteiger partial charge in [0.25, 0.3) is 0 Å². The minimum atomic E-state index is 0.703. The van der Waals surface area contributed by atoms with Gasteiger partial charge < -0.3 is 4.90 Å². The zero-order valence-electron chi connectivity index (χ0n) is 18.5. The molecule has 2 saturated heterocycles. The first-order valence-corrected chi connectivity index (χ1v) is 11.4. The van der Waals surface area contributed by atoms with E-state index in [1.165, 1.54) is 61.5 Å². The van der Waals surface area contributed by atoms with Crippen LogP contribution in [-0.4, -0.2) is 64.9 Å². The zero-order chi connectivity index (χ0) is 20.2. The number of para-hydroxylation sites is 1. The molecular weight excluding hydrogens is 358 g/mol. The Morgan fingerprint density at radius 3 is 2.59 bits per heavy atom. The molecule has 0 saturated carbocycles. The normalized spacial score (nSPS) is 21.6. The van der Waals surface area contributed by atoms with Gasteiger partial charge in [0.2, 0.25) is 0 Å². The number of hydrogen-bond donors (Lipinski definition) is 0. The smallest absolute Gasteiger partial charge is 0.0537 e. The van der Waals surface area contributed by atoms with Gasteiger partial charge in [-0.3, -0.25) is 14.5 Å². The standard InChI is InChI=1S/C24H37N5/c1-4-11-29-21(3)22(17-25-29)18-26-12-7-9-23(19-26)27-13-15-28(16-14-27)24-10-6-5-8-20(24)2/h5-6,8,10,17,23H,4,7,9,11-16,18-19H2,1-3H3/t23-/m0/s1. The highest BCUT2D eigenvalue weighted by atomic mass is 15.3. The Hall–Kier alpha value is -1.85. The van der Waals surface area contributed by atoms with Crippen LogP contribution in [-0.2, 0) is 13.1 Å². The minimum Gasteiger partial charge on any atom is -0.369 e. The van der Waals surface area contributed by atoms with Crippen molar-refractivity contribution in [3.8, 4) is 0 Å². The van der Waals surface area contributed by atoms with Crippen LogP contribution in [0.1, 0.15) is 43.0 Å². The summed E-state index contributed by atoms with van der Waals surface area (Å²) < 4.78 is 2.17. The van der Waals surface area contributed by atoms with Crippen LogP contribution in [0.3, 0.4) is 0 Å². The number of piperidine rings is 1. The first kappa shape index (κ1) is 20.4. The lowest BCUT2D eigenvalue weighted by atomic mass is 10.0. The Morgan fingerprint density at radius 2 is 1.83 bits per heavy atom. The number of piperazine rings is 1. The summed E-state index contributed by atoms with van der Waals surface area (Å²) in [5.41, 5.74) is 5.56. The largest absolute Gasteiger partial charge is 0.369 e. The topological polar surface area (TPSA) is 27.5 Å². The number of nitrogens with zero attached hydrogens (tertiary/aromatic N) is 5. The Morgan fingerprint density at radius 1 is 1.03 bits per heavy atom. The number of aromatic nitrogens is 2. The van der Waals surface area contributed by atoms with Crippen LogP contribution in [0.2, 0.25) is 0 Å². The van der Waals surface area contributed by atoms with Gasteiger partial charge in [0, 0.05) is 68.8 Å². The first-order chi connectivity index (χ1) is 14.2. The van der Waals surface area contributed by atoms with Gasteiger partial charge in [-0.1, -0.05) is 25.1 Å². The van der Waals surface area contributed by atoms with Gasteiger partial charge in [-0.25, -0.2) is 0 Å². The second-order valence-corrected chi connectivity index (χ2v) is 8.82. The van der Waals surface area contributed by atoms with E-state index < -0.39 is 0 Å². The molecule has 1 atom stereocenters. The van der Waals surface area contributed by atoms with Gasteiger partial charge in [0.05, 0.1) is 6.20 Å². The van der Waals surface area contributed by atoms with E-state index in [0.717, 1.165) is 32.6 Å². The summed E-state index contributed by atoms with van der Waals surface area (Å²) in [6.07, 6.45) is 5.89. The molecule has 0 N–H and O–H groups in total. The summed E-state index contributed by atoms with van der Waals surface area (Å²) >= 11 is 0. The molecule has 4 rings (SSSR count). The SMILES string of the molecule is CCCn1ncc(CN2CCC[C@H](N3CCN(c4ccccc4C)CC3)C2)c1C. The number of anilines is 1. The van der Waals surface area contributed by atoms with E-state index >= 15 is 0 Å². The van der Waals surface area contributed by atoms with E-state index in [0.29, 0.717) is 6.04 Å². The minimum absolute atomic E-state index is 0.703. The summed E-state index contributed by atoms with van der Waals surface area (Å²) in [6, 6.07) is 9.51. The van der Waals surface area contributed by atoms with E-state index in [1.807, 2.05) is 0 Å². The van der Waals surface area contributed by atoms with Crippen LogP contribution < -0.4 is 4.90 Å². The molecule has 1 aromatic carbocycles. The van der Waals surface area contributed by atoms with Gasteiger partial charge >= 0.3 is 0 Å². The lowest BCUT2D eigenvalue weighted by Gasteiger charge is -2.44. The molecule has 5 nitrogen and oxygen atoms in total. The van der Waals surface area contributed by atoms with Crippen molar-refractivity contribution in [3.05, 3.63) is 47.3 Å². The molecule has 0 unspecified atom stereocenters. The van der Waals surface area contributed by atoms with Crippen molar-refractivity contribution in [2.24, 2.45) is 0 Å². The number of likely N-dealkylation sites (tertiary alicyclic amines) is 1. The molecular formula is C24H37N5. The van der Waals surface area contributed by atoms with E-state index in [2.05, 4.69) is 75.7 Å². The van der Waals surface area contributed by atoms with Crippen molar-refractivity contribution in [3.63, 3.8) is 0 Å². The molecule has 158 valence electrons. The predicted octanol–water partition coefficient (Wildman–Crippen LogP) is 3.70. The van der Waals surface area contributed by atoms with E-state index in [-0.39, 0.29) is 0 Å². The van der Waals surface area contributed by atoms with Gasteiger partial charge in [0.1, 0.15) is 0 Å². The van der Waals surface area contributed by atoms with Crippen molar-refractivity contribution in [1.82, 2.24) is 19.6 Å². The second-order valence-electron chi connectivity index (χ2n) is 8.82. The Bertz CT molecular complexity index is 790. The third-order valence-corrected chi connectivity index (χ3v) is 6.80. The Labute approximate surface area is 176 Å². The molecule has 0 bridgehead atoms. The molecule has 0 aliphatic carbocycles. The zero-order valence-corrected chi connectivity index (χ0v) is 18.5. The fourth-order valence-corrected chi connectivity index (χ4v) is 5.04. The predicted molar refractivity (Wildman–Crippen MR) is 121 cm³/mol. The first-order valence-electron chi connectivity index (χ1n) is 11.4. The van der Waals surface area contributed by atoms with Crippen LogP contribution in [0.15, 0.2) is 30.5 Å². The van der Waals surface area contributed by atoms with Gasteiger partial charge in [-0.15, -0.1) is 0 Å². The average molecular weight is 396 g/mol. The van der Waals surface area contributed by atoms with Crippen molar-refractivity contribution >= 4 is 5.69 Å². The third-order valence-electron chi connectivity index (χ3n) is 6.80. The third kappa shape index (κ3) is 4.67. The fraction of sp³-hybridized carbons (Fsp3) is 0.625. The molecule has 0 spiro atoms. The Balaban J connectivity index is 1.32. The lowest BCUT2D eigenvalue weighted by Crippen LogP contribution is -2.55. The number of benzene rings is 1. The number of aryl methyl sites for hydroxylation is 2. The highest BCUT2D eigenvalue weighted by Gasteiger charge is 2.28. The fourth-order valence-electron chi connectivity index (χ4n) is 5.04. The maximum absolute atomic E-state index is 4.60. The van der Waals surface area contributed by atoms with Crippen LogP contribution in [0.5, 0.6) is 0 Å². The van der Waals surface area contributed by atoms with Gasteiger partial charge in [-0.05, 0) is 51.3 Å². The van der Waals surface area contributed by atoms with Gasteiger partial charge in [-0.2, -0.15) is 5.10 Å². The average Bonchev–Trinajstić information content (AvgIpc) is 3.08. The second kappa shape index (κ2) is 9.31. The highest BCUT2D eigenvalue weighted by Crippen LogP contribution is 2.24. The van der Waals surface area contributed by atoms with E-state index in [1.54, 1.807) is 0 Å². The van der Waals surface area contributed by atoms with Crippen molar-refractivity contribution in [2.75, 3.05) is 44.2 Å². The monoisotopic (exact) mass is 395 g/mol. The molecule has 0 radical (unpaired) electrons. The van der Waals surface area contributed by atoms with Crippen LogP contribution in [0, 0.1) is 13.8 Å². The summed E-state index contributed by atoms with van der Waals surface area (Å²) in [5.74, 6) is 0. The van der Waals surface area contributed by atoms with Crippen molar-refractivity contribution in [1.29, 1.82) is 0 Å². The number of rotatable bonds is 6. The maximum atomic E-state index is 4.60. The van der Waals surface area contributed by atoms with Gasteiger partial charge in [0.15, 0.2) is 0 Å². The summed E-state index contributed by atoms with van der Waals surface area (Å²) in [4.78, 5) is 7.97. The molecule has 5 heteroatoms. The molecule has 2 aliphatic rings. The summed E-state index contributed by atoms with van der Waals surface area (Å²) in [6.45, 7) is 15.8. The quantitative estimate of drug-likeness (QED) is 0.745. The molecule has 2 aliphatic heterocycles. The summed E-state index contributed by atoms with van der Waals surface area (Å²) in [7, 11) is 0. The van der Waals surface area contributed by atoms with E-state index in [4.69, 9.17) is 0 Å². The number of hydrogen-bond acceptors (Lipinski definition) is 4. The van der Waals surface area contributed by atoms with Crippen LogP contribution in [0.4, 0.5) is 5.69 Å².